The molecule has 0 bridgehead atoms. The Morgan fingerprint density at radius 1 is 1.24 bits per heavy atom. The maximum atomic E-state index is 12.8. The van der Waals surface area contributed by atoms with Gasteiger partial charge < -0.3 is 0 Å². The van der Waals surface area contributed by atoms with Gasteiger partial charge in [-0.1, -0.05) is 44.2 Å². The van der Waals surface area contributed by atoms with Crippen LogP contribution in [0.15, 0.2) is 35.1 Å². The zero-order valence-electron chi connectivity index (χ0n) is 14.5. The van der Waals surface area contributed by atoms with Crippen molar-refractivity contribution in [2.24, 2.45) is 5.92 Å². The lowest BCUT2D eigenvalue weighted by Crippen LogP contribution is -2.22. The fourth-order valence-electron chi connectivity index (χ4n) is 2.67. The summed E-state index contributed by atoms with van der Waals surface area (Å²) in [4.78, 5) is 33.2. The van der Waals surface area contributed by atoms with Crippen LogP contribution in [0, 0.1) is 12.8 Å². The summed E-state index contributed by atoms with van der Waals surface area (Å²) in [6.45, 7) is 5.72. The number of amides is 1. The Bertz CT molecular complexity index is 957. The molecule has 2 heterocycles. The van der Waals surface area contributed by atoms with E-state index in [1.54, 1.807) is 6.92 Å². The molecule has 0 aliphatic rings. The Morgan fingerprint density at radius 2 is 1.96 bits per heavy atom. The van der Waals surface area contributed by atoms with E-state index in [9.17, 15) is 9.59 Å². The lowest BCUT2D eigenvalue weighted by molar-refractivity contribution is -0.116. The minimum absolute atomic E-state index is 0.150. The summed E-state index contributed by atoms with van der Waals surface area (Å²) in [6, 6.07) is 9.75. The van der Waals surface area contributed by atoms with E-state index in [1.165, 1.54) is 4.52 Å². The molecule has 7 nitrogen and oxygen atoms in total. The fourth-order valence-corrected chi connectivity index (χ4v) is 2.67. The molecule has 0 spiro atoms. The van der Waals surface area contributed by atoms with E-state index in [2.05, 4.69) is 20.4 Å². The van der Waals surface area contributed by atoms with Crippen LogP contribution in [0.2, 0.25) is 0 Å². The van der Waals surface area contributed by atoms with Crippen molar-refractivity contribution in [3.8, 4) is 0 Å². The molecule has 1 aromatic carbocycles. The summed E-state index contributed by atoms with van der Waals surface area (Å²) in [5, 5.41) is 5.49. The number of aromatic nitrogens is 4. The minimum atomic E-state index is -0.205. The SMILES string of the molecule is Cc1nc2nc(NC(=O)CC(C)C)[nH]n2c(=O)c1Cc1ccccc1. The summed E-state index contributed by atoms with van der Waals surface area (Å²) in [5.74, 6) is 0.568. The third-order valence-corrected chi connectivity index (χ3v) is 3.87. The van der Waals surface area contributed by atoms with Gasteiger partial charge in [-0.25, -0.2) is 4.98 Å². The van der Waals surface area contributed by atoms with Crippen LogP contribution in [0.1, 0.15) is 37.1 Å². The molecule has 0 aliphatic heterocycles. The molecule has 0 unspecified atom stereocenters. The van der Waals surface area contributed by atoms with Gasteiger partial charge in [0.2, 0.25) is 11.9 Å². The normalized spacial score (nSPS) is 11.2. The molecule has 0 radical (unpaired) electrons. The van der Waals surface area contributed by atoms with Crippen LogP contribution in [0.5, 0.6) is 0 Å². The highest BCUT2D eigenvalue weighted by Gasteiger charge is 2.15. The van der Waals surface area contributed by atoms with Crippen LogP contribution in [-0.2, 0) is 11.2 Å². The van der Waals surface area contributed by atoms with Crippen LogP contribution in [0.25, 0.3) is 5.78 Å². The molecule has 1 amide bonds. The van der Waals surface area contributed by atoms with Crippen LogP contribution in [0.4, 0.5) is 5.95 Å². The number of nitrogens with zero attached hydrogens (tertiary/aromatic N) is 3. The van der Waals surface area contributed by atoms with Crippen molar-refractivity contribution < 1.29 is 4.79 Å². The summed E-state index contributed by atoms with van der Waals surface area (Å²) in [7, 11) is 0. The number of fused-ring (bicyclic) bond motifs is 1. The van der Waals surface area contributed by atoms with E-state index in [4.69, 9.17) is 0 Å². The molecule has 25 heavy (non-hydrogen) atoms. The van der Waals surface area contributed by atoms with E-state index in [1.807, 2.05) is 44.2 Å². The molecular weight excluding hydrogens is 318 g/mol. The van der Waals surface area contributed by atoms with Crippen LogP contribution < -0.4 is 10.9 Å². The first-order valence-corrected chi connectivity index (χ1v) is 8.26. The first kappa shape index (κ1) is 16.9. The molecule has 0 saturated heterocycles. The topological polar surface area (TPSA) is 92.2 Å². The zero-order valence-corrected chi connectivity index (χ0v) is 14.5. The molecule has 0 fully saturated rings. The minimum Gasteiger partial charge on any atom is -0.295 e. The van der Waals surface area contributed by atoms with Crippen molar-refractivity contribution >= 4 is 17.6 Å². The maximum Gasteiger partial charge on any atom is 0.277 e. The Kier molecular flexibility index (Phi) is 4.65. The van der Waals surface area contributed by atoms with Gasteiger partial charge in [0, 0.05) is 18.4 Å². The van der Waals surface area contributed by atoms with Crippen molar-refractivity contribution in [2.75, 3.05) is 5.32 Å². The second-order valence-corrected chi connectivity index (χ2v) is 6.50. The predicted octanol–water partition coefficient (Wildman–Crippen LogP) is 2.30. The molecule has 0 atom stereocenters. The highest BCUT2D eigenvalue weighted by atomic mass is 16.2. The van der Waals surface area contributed by atoms with E-state index < -0.39 is 0 Å². The summed E-state index contributed by atoms with van der Waals surface area (Å²) in [5.41, 5.74) is 2.07. The van der Waals surface area contributed by atoms with Gasteiger partial charge in [-0.15, -0.1) is 0 Å². The van der Waals surface area contributed by atoms with Gasteiger partial charge in [0.05, 0.1) is 5.69 Å². The van der Waals surface area contributed by atoms with Gasteiger partial charge in [-0.2, -0.15) is 9.50 Å². The van der Waals surface area contributed by atoms with E-state index in [0.29, 0.717) is 24.1 Å². The number of carbonyl (C=O) groups is 1. The number of hydrogen-bond acceptors (Lipinski definition) is 4. The summed E-state index contributed by atoms with van der Waals surface area (Å²) in [6.07, 6.45) is 0.882. The molecule has 130 valence electrons. The van der Waals surface area contributed by atoms with Crippen molar-refractivity contribution in [1.29, 1.82) is 0 Å². The number of aryl methyl sites for hydroxylation is 1. The number of carbonyl (C=O) groups excluding carboxylic acids is 1. The van der Waals surface area contributed by atoms with Gasteiger partial charge >= 0.3 is 0 Å². The average molecular weight is 339 g/mol. The maximum absolute atomic E-state index is 12.8. The highest BCUT2D eigenvalue weighted by Crippen LogP contribution is 2.11. The number of benzene rings is 1. The first-order chi connectivity index (χ1) is 11.9. The fraction of sp³-hybridized carbons (Fsp3) is 0.333. The van der Waals surface area contributed by atoms with Crippen molar-refractivity contribution in [3.05, 3.63) is 57.5 Å². The average Bonchev–Trinajstić information content (AvgIpc) is 2.94. The van der Waals surface area contributed by atoms with Crippen molar-refractivity contribution in [1.82, 2.24) is 19.6 Å². The second kappa shape index (κ2) is 6.88. The lowest BCUT2D eigenvalue weighted by atomic mass is 10.1. The van der Waals surface area contributed by atoms with Gasteiger partial charge in [0.25, 0.3) is 11.3 Å². The number of hydrogen-bond donors (Lipinski definition) is 2. The van der Waals surface area contributed by atoms with Crippen molar-refractivity contribution in [3.63, 3.8) is 0 Å². The van der Waals surface area contributed by atoms with Gasteiger partial charge in [-0.3, -0.25) is 20.0 Å². The molecule has 0 saturated carbocycles. The quantitative estimate of drug-likeness (QED) is 0.746. The van der Waals surface area contributed by atoms with Crippen LogP contribution >= 0.6 is 0 Å². The number of anilines is 1. The molecule has 7 heteroatoms. The van der Waals surface area contributed by atoms with Gasteiger partial charge in [0.15, 0.2) is 0 Å². The third kappa shape index (κ3) is 3.76. The summed E-state index contributed by atoms with van der Waals surface area (Å²) < 4.78 is 1.27. The Labute approximate surface area is 145 Å². The number of nitrogens with one attached hydrogen (secondary N) is 2. The smallest absolute Gasteiger partial charge is 0.277 e. The Hall–Kier alpha value is -2.96. The van der Waals surface area contributed by atoms with E-state index in [-0.39, 0.29) is 29.1 Å². The van der Waals surface area contributed by atoms with E-state index in [0.717, 1.165) is 5.56 Å². The zero-order chi connectivity index (χ0) is 18.0. The second-order valence-electron chi connectivity index (χ2n) is 6.50. The monoisotopic (exact) mass is 339 g/mol. The largest absolute Gasteiger partial charge is 0.295 e. The number of rotatable bonds is 5. The molecular formula is C18H21N5O2. The Balaban J connectivity index is 1.93. The molecule has 2 N–H and O–H groups in total. The third-order valence-electron chi connectivity index (χ3n) is 3.87. The van der Waals surface area contributed by atoms with Crippen LogP contribution in [0.3, 0.4) is 0 Å². The molecule has 2 aromatic heterocycles. The van der Waals surface area contributed by atoms with Crippen LogP contribution in [-0.4, -0.2) is 25.5 Å². The first-order valence-electron chi connectivity index (χ1n) is 8.26. The van der Waals surface area contributed by atoms with Gasteiger partial charge in [-0.05, 0) is 18.4 Å². The molecule has 3 aromatic rings. The Morgan fingerprint density at radius 3 is 2.64 bits per heavy atom. The summed E-state index contributed by atoms with van der Waals surface area (Å²) >= 11 is 0. The molecule has 3 rings (SSSR count). The predicted molar refractivity (Wildman–Crippen MR) is 95.7 cm³/mol. The van der Waals surface area contributed by atoms with E-state index >= 15 is 0 Å². The number of H-pyrrole nitrogens is 1. The van der Waals surface area contributed by atoms with Gasteiger partial charge in [0.1, 0.15) is 0 Å². The molecule has 0 aliphatic carbocycles. The standard InChI is InChI=1S/C18H21N5O2/c1-11(2)9-15(24)20-17-21-18-19-12(3)14(16(25)23(18)22-17)10-13-7-5-4-6-8-13/h4-8,11H,9-10H2,1-3H3,(H2,19,20,21,22,24). The van der Waals surface area contributed by atoms with Crippen molar-refractivity contribution in [2.45, 2.75) is 33.6 Å². The lowest BCUT2D eigenvalue weighted by Gasteiger charge is -2.04. The highest BCUT2D eigenvalue weighted by molar-refractivity contribution is 5.89. The number of aromatic amines is 1.